The first-order chi connectivity index (χ1) is 8.15. The van der Waals surface area contributed by atoms with Crippen molar-refractivity contribution in [1.29, 1.82) is 5.26 Å². The lowest BCUT2D eigenvalue weighted by Crippen LogP contribution is -2.24. The molecule has 1 N–H and O–H groups in total. The van der Waals surface area contributed by atoms with E-state index in [9.17, 15) is 4.79 Å². The number of benzene rings is 1. The second kappa shape index (κ2) is 7.31. The maximum atomic E-state index is 11.7. The zero-order valence-corrected chi connectivity index (χ0v) is 11.5. The lowest BCUT2D eigenvalue weighted by atomic mass is 10.2. The molecule has 1 rings (SSSR count). The van der Waals surface area contributed by atoms with Gasteiger partial charge < -0.3 is 5.32 Å². The summed E-state index contributed by atoms with van der Waals surface area (Å²) in [7, 11) is 0. The van der Waals surface area contributed by atoms with E-state index in [1.165, 1.54) is 0 Å². The van der Waals surface area contributed by atoms with Gasteiger partial charge in [0.1, 0.15) is 0 Å². The molecule has 0 atom stereocenters. The second-order valence-electron chi connectivity index (χ2n) is 3.50. The first kappa shape index (κ1) is 14.0. The third kappa shape index (κ3) is 4.76. The van der Waals surface area contributed by atoms with Crippen LogP contribution in [0.4, 0.5) is 0 Å². The number of carbonyl (C=O) groups excluding carboxylic acids is 1. The van der Waals surface area contributed by atoms with Crippen molar-refractivity contribution >= 4 is 33.4 Å². The van der Waals surface area contributed by atoms with E-state index < -0.39 is 0 Å². The summed E-state index contributed by atoms with van der Waals surface area (Å²) < 4.78 is 0.768. The molecule has 0 bridgehead atoms. The normalized spacial score (nSPS) is 9.71. The molecule has 0 fully saturated rings. The number of carbonyl (C=O) groups is 1. The summed E-state index contributed by atoms with van der Waals surface area (Å²) in [6.07, 6.45) is 2.14. The van der Waals surface area contributed by atoms with Gasteiger partial charge >= 0.3 is 0 Å². The maximum absolute atomic E-state index is 11.7. The van der Waals surface area contributed by atoms with Crippen molar-refractivity contribution in [2.24, 2.45) is 0 Å². The Morgan fingerprint density at radius 2 is 2.24 bits per heavy atom. The Balaban J connectivity index is 2.42. The quantitative estimate of drug-likeness (QED) is 0.845. The summed E-state index contributed by atoms with van der Waals surface area (Å²) in [4.78, 5) is 11.7. The highest BCUT2D eigenvalue weighted by Crippen LogP contribution is 2.23. The summed E-state index contributed by atoms with van der Waals surface area (Å²) in [5.41, 5.74) is 0.540. The van der Waals surface area contributed by atoms with Crippen molar-refractivity contribution in [3.05, 3.63) is 33.3 Å². The minimum Gasteiger partial charge on any atom is -0.352 e. The molecule has 0 saturated heterocycles. The fourth-order valence-corrected chi connectivity index (χ4v) is 1.70. The summed E-state index contributed by atoms with van der Waals surface area (Å²) in [6, 6.07) is 7.14. The third-order valence-electron chi connectivity index (χ3n) is 2.18. The minimum absolute atomic E-state index is 0.142. The van der Waals surface area contributed by atoms with Crippen molar-refractivity contribution in [1.82, 2.24) is 5.32 Å². The van der Waals surface area contributed by atoms with Gasteiger partial charge in [-0.15, -0.1) is 0 Å². The molecule has 17 heavy (non-hydrogen) atoms. The van der Waals surface area contributed by atoms with E-state index in [0.717, 1.165) is 17.3 Å². The molecule has 90 valence electrons. The van der Waals surface area contributed by atoms with Gasteiger partial charge in [-0.05, 0) is 47.0 Å². The molecule has 0 heterocycles. The van der Waals surface area contributed by atoms with E-state index >= 15 is 0 Å². The van der Waals surface area contributed by atoms with E-state index in [0.29, 0.717) is 23.6 Å². The highest BCUT2D eigenvalue weighted by atomic mass is 79.9. The average Bonchev–Trinajstić information content (AvgIpc) is 2.32. The molecule has 1 aromatic rings. The summed E-state index contributed by atoms with van der Waals surface area (Å²) >= 11 is 9.16. The Morgan fingerprint density at radius 1 is 1.47 bits per heavy atom. The van der Waals surface area contributed by atoms with Gasteiger partial charge in [-0.3, -0.25) is 4.79 Å². The summed E-state index contributed by atoms with van der Waals surface area (Å²) in [6.45, 7) is 0.578. The number of nitrogens with one attached hydrogen (secondary N) is 1. The molecule has 1 aromatic carbocycles. The topological polar surface area (TPSA) is 52.9 Å². The van der Waals surface area contributed by atoms with Gasteiger partial charge in [0, 0.05) is 23.0 Å². The van der Waals surface area contributed by atoms with Gasteiger partial charge in [-0.25, -0.2) is 0 Å². The number of nitrogens with zero attached hydrogens (tertiary/aromatic N) is 1. The fourth-order valence-electron chi connectivity index (χ4n) is 1.27. The van der Waals surface area contributed by atoms with E-state index in [-0.39, 0.29) is 5.91 Å². The third-order valence-corrected chi connectivity index (χ3v) is 3.42. The fraction of sp³-hybridized carbons (Fsp3) is 0.333. The van der Waals surface area contributed by atoms with Crippen LogP contribution in [-0.4, -0.2) is 12.5 Å². The zero-order chi connectivity index (χ0) is 12.7. The van der Waals surface area contributed by atoms with Crippen LogP contribution in [0.3, 0.4) is 0 Å². The first-order valence-electron chi connectivity index (χ1n) is 5.25. The molecule has 0 aliphatic carbocycles. The molecule has 0 saturated carbocycles. The van der Waals surface area contributed by atoms with Crippen molar-refractivity contribution in [3.8, 4) is 6.07 Å². The van der Waals surface area contributed by atoms with E-state index in [1.807, 2.05) is 0 Å². The van der Waals surface area contributed by atoms with Gasteiger partial charge in [0.05, 0.1) is 11.1 Å². The molecule has 5 heteroatoms. The first-order valence-corrected chi connectivity index (χ1v) is 6.42. The Morgan fingerprint density at radius 3 is 2.88 bits per heavy atom. The van der Waals surface area contributed by atoms with Crippen LogP contribution in [0, 0.1) is 11.3 Å². The molecule has 1 amide bonds. The van der Waals surface area contributed by atoms with Crippen LogP contribution < -0.4 is 5.32 Å². The summed E-state index contributed by atoms with van der Waals surface area (Å²) in [5.74, 6) is -0.142. The van der Waals surface area contributed by atoms with Gasteiger partial charge in [-0.1, -0.05) is 11.6 Å². The van der Waals surface area contributed by atoms with Gasteiger partial charge in [-0.2, -0.15) is 5.26 Å². The Bertz CT molecular complexity index is 443. The number of hydrogen-bond donors (Lipinski definition) is 1. The molecule has 3 nitrogen and oxygen atoms in total. The molecular formula is C12H12BrClN2O. The van der Waals surface area contributed by atoms with Crippen molar-refractivity contribution < 1.29 is 4.79 Å². The number of unbranched alkanes of at least 4 members (excludes halogenated alkanes) is 2. The molecule has 0 aliphatic rings. The largest absolute Gasteiger partial charge is 0.352 e. The lowest BCUT2D eigenvalue weighted by Gasteiger charge is -2.05. The number of nitriles is 1. The zero-order valence-electron chi connectivity index (χ0n) is 9.17. The number of hydrogen-bond acceptors (Lipinski definition) is 2. The number of amides is 1. The number of halogens is 2. The summed E-state index contributed by atoms with van der Waals surface area (Å²) in [5, 5.41) is 11.7. The monoisotopic (exact) mass is 314 g/mol. The highest BCUT2D eigenvalue weighted by Gasteiger charge is 2.06. The van der Waals surface area contributed by atoms with Crippen LogP contribution in [-0.2, 0) is 0 Å². The predicted octanol–water partition coefficient (Wildman–Crippen LogP) is 3.53. The van der Waals surface area contributed by atoms with E-state index in [2.05, 4.69) is 27.3 Å². The van der Waals surface area contributed by atoms with Gasteiger partial charge in [0.25, 0.3) is 5.91 Å². The molecular weight excluding hydrogens is 304 g/mol. The van der Waals surface area contributed by atoms with Crippen molar-refractivity contribution in [2.75, 3.05) is 6.54 Å². The van der Waals surface area contributed by atoms with Crippen LogP contribution in [0.5, 0.6) is 0 Å². The minimum atomic E-state index is -0.142. The molecule has 0 aliphatic heterocycles. The van der Waals surface area contributed by atoms with Crippen molar-refractivity contribution in [3.63, 3.8) is 0 Å². The van der Waals surface area contributed by atoms with Crippen molar-refractivity contribution in [2.45, 2.75) is 19.3 Å². The van der Waals surface area contributed by atoms with Gasteiger partial charge in [0.2, 0.25) is 0 Å². The Hall–Kier alpha value is -1.05. The molecule has 0 aromatic heterocycles. The molecule has 0 unspecified atom stereocenters. The smallest absolute Gasteiger partial charge is 0.251 e. The van der Waals surface area contributed by atoms with Crippen LogP contribution in [0.2, 0.25) is 5.02 Å². The van der Waals surface area contributed by atoms with Crippen LogP contribution in [0.1, 0.15) is 29.6 Å². The SMILES string of the molecule is N#CCCCCNC(=O)c1ccc(Br)c(Cl)c1. The molecule has 0 spiro atoms. The predicted molar refractivity (Wildman–Crippen MR) is 70.9 cm³/mol. The van der Waals surface area contributed by atoms with Crippen LogP contribution in [0.25, 0.3) is 0 Å². The van der Waals surface area contributed by atoms with Gasteiger partial charge in [0.15, 0.2) is 0 Å². The highest BCUT2D eigenvalue weighted by molar-refractivity contribution is 9.10. The van der Waals surface area contributed by atoms with E-state index in [1.54, 1.807) is 18.2 Å². The standard InChI is InChI=1S/C12H12BrClN2O/c13-10-5-4-9(8-11(10)14)12(17)16-7-3-1-2-6-15/h4-5,8H,1-3,7H2,(H,16,17). The maximum Gasteiger partial charge on any atom is 0.251 e. The number of rotatable bonds is 5. The Labute approximate surface area is 114 Å². The second-order valence-corrected chi connectivity index (χ2v) is 4.76. The lowest BCUT2D eigenvalue weighted by molar-refractivity contribution is 0.0953. The van der Waals surface area contributed by atoms with Crippen LogP contribution >= 0.6 is 27.5 Å². The Kier molecular flexibility index (Phi) is 6.03. The molecule has 0 radical (unpaired) electrons. The van der Waals surface area contributed by atoms with E-state index in [4.69, 9.17) is 16.9 Å². The average molecular weight is 316 g/mol. The van der Waals surface area contributed by atoms with Crippen LogP contribution in [0.15, 0.2) is 22.7 Å².